The third kappa shape index (κ3) is 6.72. The van der Waals surface area contributed by atoms with E-state index in [1.54, 1.807) is 12.4 Å². The minimum atomic E-state index is -0.548. The quantitative estimate of drug-likeness (QED) is 0.820. The molecule has 1 aliphatic rings. The second-order valence-electron chi connectivity index (χ2n) is 7.57. The number of alkyl carbamates (subject to hydrolysis) is 1. The van der Waals surface area contributed by atoms with Gasteiger partial charge in [0.1, 0.15) is 5.60 Å². The van der Waals surface area contributed by atoms with Crippen molar-refractivity contribution in [1.29, 1.82) is 0 Å². The monoisotopic (exact) mass is 347 g/mol. The van der Waals surface area contributed by atoms with Crippen LogP contribution in [0.5, 0.6) is 0 Å². The van der Waals surface area contributed by atoms with E-state index in [1.165, 1.54) is 0 Å². The third-order valence-electron chi connectivity index (χ3n) is 4.27. The van der Waals surface area contributed by atoms with E-state index in [4.69, 9.17) is 4.74 Å². The summed E-state index contributed by atoms with van der Waals surface area (Å²) in [5, 5.41) is 5.90. The molecule has 2 amide bonds. The number of hydrogen-bond donors (Lipinski definition) is 2. The molecule has 0 aromatic carbocycles. The predicted octanol–water partition coefficient (Wildman–Crippen LogP) is 3.17. The van der Waals surface area contributed by atoms with Gasteiger partial charge in [-0.25, -0.2) is 4.79 Å². The zero-order valence-corrected chi connectivity index (χ0v) is 15.4. The number of ether oxygens (including phenoxy) is 1. The van der Waals surface area contributed by atoms with E-state index in [1.807, 2.05) is 32.9 Å². The van der Waals surface area contributed by atoms with Gasteiger partial charge in [0, 0.05) is 25.0 Å². The molecule has 25 heavy (non-hydrogen) atoms. The molecule has 0 radical (unpaired) electrons. The van der Waals surface area contributed by atoms with Crippen LogP contribution in [-0.4, -0.2) is 28.6 Å². The van der Waals surface area contributed by atoms with E-state index < -0.39 is 11.7 Å². The number of nitrogens with zero attached hydrogens (tertiary/aromatic N) is 1. The van der Waals surface area contributed by atoms with Crippen molar-refractivity contribution in [3.63, 3.8) is 0 Å². The molecule has 1 fully saturated rings. The Bertz CT molecular complexity index is 569. The van der Waals surface area contributed by atoms with Gasteiger partial charge in [-0.2, -0.15) is 0 Å². The first kappa shape index (κ1) is 19.2. The molecule has 0 unspecified atom stereocenters. The van der Waals surface area contributed by atoms with Crippen LogP contribution in [0, 0.1) is 5.92 Å². The number of aromatic nitrogens is 1. The summed E-state index contributed by atoms with van der Waals surface area (Å²) >= 11 is 0. The number of hydrogen-bond acceptors (Lipinski definition) is 4. The second kappa shape index (κ2) is 8.83. The molecule has 6 nitrogen and oxygen atoms in total. The van der Waals surface area contributed by atoms with Gasteiger partial charge >= 0.3 is 6.09 Å². The molecule has 2 atom stereocenters. The maximum atomic E-state index is 12.7. The van der Waals surface area contributed by atoms with Gasteiger partial charge in [-0.15, -0.1) is 0 Å². The first-order valence-corrected chi connectivity index (χ1v) is 9.01. The molecule has 1 aromatic rings. The predicted molar refractivity (Wildman–Crippen MR) is 95.8 cm³/mol. The summed E-state index contributed by atoms with van der Waals surface area (Å²) in [4.78, 5) is 28.8. The highest BCUT2D eigenvalue weighted by molar-refractivity contribution is 5.80. The molecule has 1 heterocycles. The summed E-state index contributed by atoms with van der Waals surface area (Å²) in [6, 6.07) is 3.57. The van der Waals surface area contributed by atoms with Gasteiger partial charge in [0.2, 0.25) is 5.91 Å². The zero-order chi connectivity index (χ0) is 18.3. The smallest absolute Gasteiger partial charge is 0.407 e. The van der Waals surface area contributed by atoms with Crippen LogP contribution >= 0.6 is 0 Å². The van der Waals surface area contributed by atoms with Crippen molar-refractivity contribution >= 4 is 12.0 Å². The highest BCUT2D eigenvalue weighted by Gasteiger charge is 2.31. The molecule has 0 saturated heterocycles. The number of pyridine rings is 1. The molecule has 0 aliphatic heterocycles. The Morgan fingerprint density at radius 2 is 1.84 bits per heavy atom. The van der Waals surface area contributed by atoms with E-state index in [-0.39, 0.29) is 17.9 Å². The van der Waals surface area contributed by atoms with Crippen molar-refractivity contribution in [3.8, 4) is 0 Å². The molecular formula is C19H29N3O3. The van der Waals surface area contributed by atoms with E-state index in [0.717, 1.165) is 37.7 Å². The van der Waals surface area contributed by atoms with Crippen LogP contribution in [0.4, 0.5) is 4.79 Å². The van der Waals surface area contributed by atoms with Crippen LogP contribution in [0.2, 0.25) is 0 Å². The Kier molecular flexibility index (Phi) is 6.79. The average Bonchev–Trinajstić information content (AvgIpc) is 2.77. The minimum absolute atomic E-state index is 0.0141. The fraction of sp³-hybridized carbons (Fsp3) is 0.632. The Labute approximate surface area is 149 Å². The van der Waals surface area contributed by atoms with Crippen LogP contribution in [0.15, 0.2) is 24.5 Å². The minimum Gasteiger partial charge on any atom is -0.444 e. The lowest BCUT2D eigenvalue weighted by atomic mass is 9.93. The standard InChI is InChI=1S/C19H29N3O3/c1-19(2,3)25-18(24)22-16-8-6-4-5-7-15(16)17(23)21-13-14-9-11-20-12-10-14/h9-12,15-16H,4-8,13H2,1-3H3,(H,21,23)(H,22,24)/t15-,16+/m0/s1. The van der Waals surface area contributed by atoms with Gasteiger partial charge < -0.3 is 15.4 Å². The highest BCUT2D eigenvalue weighted by Crippen LogP contribution is 2.24. The Hall–Kier alpha value is -2.11. The molecule has 1 saturated carbocycles. The maximum absolute atomic E-state index is 12.7. The lowest BCUT2D eigenvalue weighted by Crippen LogP contribution is -2.47. The first-order valence-electron chi connectivity index (χ1n) is 9.01. The number of nitrogens with one attached hydrogen (secondary N) is 2. The summed E-state index contributed by atoms with van der Waals surface area (Å²) in [6.07, 6.45) is 7.64. The van der Waals surface area contributed by atoms with E-state index in [2.05, 4.69) is 15.6 Å². The molecule has 1 aliphatic carbocycles. The van der Waals surface area contributed by atoms with Crippen LogP contribution < -0.4 is 10.6 Å². The van der Waals surface area contributed by atoms with Gasteiger partial charge in [0.15, 0.2) is 0 Å². The Morgan fingerprint density at radius 3 is 2.52 bits per heavy atom. The number of amides is 2. The van der Waals surface area contributed by atoms with Gasteiger partial charge in [-0.05, 0) is 51.3 Å². The van der Waals surface area contributed by atoms with Gasteiger partial charge in [-0.1, -0.05) is 19.3 Å². The van der Waals surface area contributed by atoms with Crippen LogP contribution in [0.3, 0.4) is 0 Å². The largest absolute Gasteiger partial charge is 0.444 e. The lowest BCUT2D eigenvalue weighted by Gasteiger charge is -2.27. The Morgan fingerprint density at radius 1 is 1.16 bits per heavy atom. The van der Waals surface area contributed by atoms with Crippen molar-refractivity contribution < 1.29 is 14.3 Å². The fourth-order valence-electron chi connectivity index (χ4n) is 3.07. The topological polar surface area (TPSA) is 80.3 Å². The number of carbonyl (C=O) groups is 2. The molecule has 1 aromatic heterocycles. The number of carbonyl (C=O) groups excluding carboxylic acids is 2. The molecular weight excluding hydrogens is 318 g/mol. The summed E-state index contributed by atoms with van der Waals surface area (Å²) in [5.41, 5.74) is 0.460. The number of rotatable bonds is 4. The molecule has 2 N–H and O–H groups in total. The van der Waals surface area contributed by atoms with Crippen LogP contribution in [0.25, 0.3) is 0 Å². The summed E-state index contributed by atoms with van der Waals surface area (Å²) in [6.45, 7) is 5.97. The van der Waals surface area contributed by atoms with E-state index >= 15 is 0 Å². The molecule has 138 valence electrons. The fourth-order valence-corrected chi connectivity index (χ4v) is 3.07. The van der Waals surface area contributed by atoms with Crippen LogP contribution in [0.1, 0.15) is 58.4 Å². The summed E-state index contributed by atoms with van der Waals surface area (Å²) in [5.74, 6) is -0.239. The normalized spacial score (nSPS) is 21.1. The molecule has 6 heteroatoms. The summed E-state index contributed by atoms with van der Waals surface area (Å²) < 4.78 is 5.35. The Balaban J connectivity index is 1.96. The van der Waals surface area contributed by atoms with E-state index in [9.17, 15) is 9.59 Å². The van der Waals surface area contributed by atoms with Crippen LogP contribution in [-0.2, 0) is 16.1 Å². The van der Waals surface area contributed by atoms with Crippen molar-refractivity contribution in [2.45, 2.75) is 71.1 Å². The summed E-state index contributed by atoms with van der Waals surface area (Å²) in [7, 11) is 0. The lowest BCUT2D eigenvalue weighted by molar-refractivity contribution is -0.126. The SMILES string of the molecule is CC(C)(C)OC(=O)N[C@@H]1CCCCC[C@@H]1C(=O)NCc1ccncc1. The third-order valence-corrected chi connectivity index (χ3v) is 4.27. The van der Waals surface area contributed by atoms with Crippen molar-refractivity contribution in [1.82, 2.24) is 15.6 Å². The second-order valence-corrected chi connectivity index (χ2v) is 7.57. The van der Waals surface area contributed by atoms with Gasteiger partial charge in [-0.3, -0.25) is 9.78 Å². The molecule has 2 rings (SSSR count). The first-order chi connectivity index (χ1) is 11.8. The van der Waals surface area contributed by atoms with Gasteiger partial charge in [0.05, 0.1) is 5.92 Å². The van der Waals surface area contributed by atoms with Crippen molar-refractivity contribution in [2.75, 3.05) is 0 Å². The molecule has 0 spiro atoms. The van der Waals surface area contributed by atoms with E-state index in [0.29, 0.717) is 6.54 Å². The molecule has 0 bridgehead atoms. The highest BCUT2D eigenvalue weighted by atomic mass is 16.6. The average molecular weight is 347 g/mol. The maximum Gasteiger partial charge on any atom is 0.407 e. The van der Waals surface area contributed by atoms with Gasteiger partial charge in [0.25, 0.3) is 0 Å². The van der Waals surface area contributed by atoms with Crippen molar-refractivity contribution in [2.24, 2.45) is 5.92 Å². The van der Waals surface area contributed by atoms with Crippen molar-refractivity contribution in [3.05, 3.63) is 30.1 Å². The zero-order valence-electron chi connectivity index (χ0n) is 15.4.